The highest BCUT2D eigenvalue weighted by Gasteiger charge is 2.23. The lowest BCUT2D eigenvalue weighted by Gasteiger charge is -2.34. The molecular formula is C13H23N3O2. The van der Waals surface area contributed by atoms with Crippen LogP contribution in [0.3, 0.4) is 0 Å². The van der Waals surface area contributed by atoms with Crippen molar-refractivity contribution in [1.29, 1.82) is 0 Å². The Hall–Kier alpha value is -1.10. The Balaban J connectivity index is 1.68. The van der Waals surface area contributed by atoms with E-state index in [1.807, 2.05) is 9.80 Å². The molecule has 2 heterocycles. The molecule has 0 aromatic heterocycles. The number of nitrogens with zero attached hydrogens (tertiary/aromatic N) is 2. The second-order valence-corrected chi connectivity index (χ2v) is 5.22. The summed E-state index contributed by atoms with van der Waals surface area (Å²) in [4.78, 5) is 26.9. The number of carbonyl (C=O) groups is 2. The van der Waals surface area contributed by atoms with Crippen molar-refractivity contribution in [3.05, 3.63) is 0 Å². The van der Waals surface area contributed by atoms with Crippen LogP contribution >= 0.6 is 0 Å². The fourth-order valence-corrected chi connectivity index (χ4v) is 2.73. The molecule has 0 saturated carbocycles. The van der Waals surface area contributed by atoms with E-state index in [1.165, 1.54) is 12.8 Å². The molecule has 0 aromatic carbocycles. The van der Waals surface area contributed by atoms with Crippen molar-refractivity contribution in [2.24, 2.45) is 0 Å². The van der Waals surface area contributed by atoms with E-state index in [0.29, 0.717) is 38.6 Å². The predicted molar refractivity (Wildman–Crippen MR) is 69.1 cm³/mol. The highest BCUT2D eigenvalue weighted by Crippen LogP contribution is 2.12. The van der Waals surface area contributed by atoms with Crippen molar-refractivity contribution < 1.29 is 9.59 Å². The highest BCUT2D eigenvalue weighted by molar-refractivity contribution is 5.77. The van der Waals surface area contributed by atoms with Crippen LogP contribution in [0, 0.1) is 0 Å². The summed E-state index contributed by atoms with van der Waals surface area (Å²) in [5.41, 5.74) is 0. The predicted octanol–water partition coefficient (Wildman–Crippen LogP) is 0.209. The zero-order valence-electron chi connectivity index (χ0n) is 11.2. The van der Waals surface area contributed by atoms with Gasteiger partial charge in [-0.05, 0) is 25.8 Å². The molecule has 5 nitrogen and oxygen atoms in total. The van der Waals surface area contributed by atoms with Gasteiger partial charge in [-0.25, -0.2) is 0 Å². The molecule has 0 aliphatic carbocycles. The monoisotopic (exact) mass is 253 g/mol. The molecule has 2 rings (SSSR count). The first kappa shape index (κ1) is 13.3. The van der Waals surface area contributed by atoms with E-state index in [9.17, 15) is 9.59 Å². The van der Waals surface area contributed by atoms with Crippen molar-refractivity contribution >= 4 is 11.8 Å². The molecule has 2 aliphatic rings. The van der Waals surface area contributed by atoms with E-state index >= 15 is 0 Å². The Morgan fingerprint density at radius 1 is 1.17 bits per heavy atom. The van der Waals surface area contributed by atoms with Crippen LogP contribution in [0.1, 0.15) is 32.6 Å². The van der Waals surface area contributed by atoms with Crippen LogP contribution in [0.25, 0.3) is 0 Å². The zero-order valence-corrected chi connectivity index (χ0v) is 11.2. The average molecular weight is 253 g/mol. The van der Waals surface area contributed by atoms with Crippen LogP contribution in [-0.4, -0.2) is 60.4 Å². The molecule has 2 amide bonds. The number of hydrogen-bond acceptors (Lipinski definition) is 3. The maximum atomic E-state index is 12.0. The first-order chi connectivity index (χ1) is 8.66. The maximum Gasteiger partial charge on any atom is 0.222 e. The highest BCUT2D eigenvalue weighted by atomic mass is 16.2. The molecule has 0 radical (unpaired) electrons. The molecule has 0 bridgehead atoms. The zero-order chi connectivity index (χ0) is 13.0. The minimum Gasteiger partial charge on any atom is -0.339 e. The third-order valence-electron chi connectivity index (χ3n) is 3.95. The summed E-state index contributed by atoms with van der Waals surface area (Å²) in [5, 5.41) is 3.41. The Labute approximate surface area is 108 Å². The second-order valence-electron chi connectivity index (χ2n) is 5.22. The van der Waals surface area contributed by atoms with Crippen molar-refractivity contribution in [3.8, 4) is 0 Å². The largest absolute Gasteiger partial charge is 0.339 e. The van der Waals surface area contributed by atoms with Crippen LogP contribution in [0.4, 0.5) is 0 Å². The molecule has 0 spiro atoms. The van der Waals surface area contributed by atoms with Gasteiger partial charge >= 0.3 is 0 Å². The summed E-state index contributed by atoms with van der Waals surface area (Å²) in [6, 6.07) is 0.535. The standard InChI is InChI=1S/C13H23N3O2/c1-11(17)15-7-9-16(10-8-15)13(18)5-4-12-3-2-6-14-12/h12,14H,2-10H2,1H3. The Bertz CT molecular complexity index is 305. The number of nitrogens with one attached hydrogen (secondary N) is 1. The number of piperazine rings is 1. The van der Waals surface area contributed by atoms with Crippen LogP contribution in [-0.2, 0) is 9.59 Å². The van der Waals surface area contributed by atoms with Crippen molar-refractivity contribution in [2.75, 3.05) is 32.7 Å². The summed E-state index contributed by atoms with van der Waals surface area (Å²) in [6.45, 7) is 5.43. The van der Waals surface area contributed by atoms with Gasteiger partial charge in [-0.15, -0.1) is 0 Å². The van der Waals surface area contributed by atoms with E-state index in [2.05, 4.69) is 5.32 Å². The van der Waals surface area contributed by atoms with Gasteiger partial charge in [0, 0.05) is 45.6 Å². The van der Waals surface area contributed by atoms with Crippen LogP contribution < -0.4 is 5.32 Å². The molecular weight excluding hydrogens is 230 g/mol. The van der Waals surface area contributed by atoms with Crippen LogP contribution in [0.15, 0.2) is 0 Å². The molecule has 2 fully saturated rings. The minimum absolute atomic E-state index is 0.109. The van der Waals surface area contributed by atoms with Crippen molar-refractivity contribution in [3.63, 3.8) is 0 Å². The van der Waals surface area contributed by atoms with Crippen LogP contribution in [0.2, 0.25) is 0 Å². The summed E-state index contributed by atoms with van der Waals surface area (Å²) in [5.74, 6) is 0.351. The normalized spacial score (nSPS) is 24.4. The Kier molecular flexibility index (Phi) is 4.58. The smallest absolute Gasteiger partial charge is 0.222 e. The Morgan fingerprint density at radius 3 is 2.39 bits per heavy atom. The summed E-state index contributed by atoms with van der Waals surface area (Å²) >= 11 is 0. The van der Waals surface area contributed by atoms with Gasteiger partial charge in [0.2, 0.25) is 11.8 Å². The van der Waals surface area contributed by atoms with Gasteiger partial charge < -0.3 is 15.1 Å². The van der Waals surface area contributed by atoms with E-state index < -0.39 is 0 Å². The van der Waals surface area contributed by atoms with Gasteiger partial charge in [0.1, 0.15) is 0 Å². The molecule has 1 unspecified atom stereocenters. The summed E-state index contributed by atoms with van der Waals surface area (Å²) in [7, 11) is 0. The van der Waals surface area contributed by atoms with Crippen molar-refractivity contribution in [1.82, 2.24) is 15.1 Å². The molecule has 18 heavy (non-hydrogen) atoms. The Morgan fingerprint density at radius 2 is 1.83 bits per heavy atom. The van der Waals surface area contributed by atoms with E-state index in [0.717, 1.165) is 13.0 Å². The third kappa shape index (κ3) is 3.45. The lowest BCUT2D eigenvalue weighted by molar-refractivity contribution is -0.138. The summed E-state index contributed by atoms with van der Waals surface area (Å²) in [6.07, 6.45) is 4.02. The van der Waals surface area contributed by atoms with E-state index in [-0.39, 0.29) is 11.8 Å². The number of rotatable bonds is 3. The average Bonchev–Trinajstić information content (AvgIpc) is 2.89. The van der Waals surface area contributed by atoms with Gasteiger partial charge in [0.05, 0.1) is 0 Å². The number of amides is 2. The number of carbonyl (C=O) groups excluding carboxylic acids is 2. The van der Waals surface area contributed by atoms with Gasteiger partial charge in [-0.2, -0.15) is 0 Å². The van der Waals surface area contributed by atoms with Gasteiger partial charge in [-0.3, -0.25) is 9.59 Å². The van der Waals surface area contributed by atoms with Gasteiger partial charge in [0.15, 0.2) is 0 Å². The second kappa shape index (κ2) is 6.18. The van der Waals surface area contributed by atoms with E-state index in [4.69, 9.17) is 0 Å². The molecule has 2 aliphatic heterocycles. The molecule has 1 atom stereocenters. The number of hydrogen-bond donors (Lipinski definition) is 1. The molecule has 5 heteroatoms. The quantitative estimate of drug-likeness (QED) is 0.782. The molecule has 2 saturated heterocycles. The first-order valence-corrected chi connectivity index (χ1v) is 6.93. The van der Waals surface area contributed by atoms with Gasteiger partial charge in [0.25, 0.3) is 0 Å². The first-order valence-electron chi connectivity index (χ1n) is 6.93. The minimum atomic E-state index is 0.109. The molecule has 102 valence electrons. The summed E-state index contributed by atoms with van der Waals surface area (Å²) < 4.78 is 0. The lowest BCUT2D eigenvalue weighted by Crippen LogP contribution is -2.50. The maximum absolute atomic E-state index is 12.0. The van der Waals surface area contributed by atoms with Crippen LogP contribution in [0.5, 0.6) is 0 Å². The molecule has 1 N–H and O–H groups in total. The fourth-order valence-electron chi connectivity index (χ4n) is 2.73. The lowest BCUT2D eigenvalue weighted by atomic mass is 10.1. The van der Waals surface area contributed by atoms with Crippen molar-refractivity contribution in [2.45, 2.75) is 38.6 Å². The fraction of sp³-hybridized carbons (Fsp3) is 0.846. The molecule has 0 aromatic rings. The topological polar surface area (TPSA) is 52.7 Å². The third-order valence-corrected chi connectivity index (χ3v) is 3.95. The van der Waals surface area contributed by atoms with E-state index in [1.54, 1.807) is 6.92 Å². The van der Waals surface area contributed by atoms with Gasteiger partial charge in [-0.1, -0.05) is 0 Å². The SMILES string of the molecule is CC(=O)N1CCN(C(=O)CCC2CCCN2)CC1.